The van der Waals surface area contributed by atoms with E-state index in [1.165, 1.54) is 45.4 Å². The molecule has 2 aliphatic rings. The maximum Gasteiger partial charge on any atom is 0.0245 e. The number of hydrogen-bond donors (Lipinski definition) is 1. The van der Waals surface area contributed by atoms with Crippen molar-refractivity contribution < 1.29 is 0 Å². The van der Waals surface area contributed by atoms with Crippen molar-refractivity contribution >= 4 is 11.3 Å². The first kappa shape index (κ1) is 9.82. The summed E-state index contributed by atoms with van der Waals surface area (Å²) in [6.45, 7) is 4.90. The van der Waals surface area contributed by atoms with Crippen LogP contribution in [0.4, 0.5) is 0 Å². The molecule has 1 N–H and O–H groups in total. The number of nitrogens with one attached hydrogen (secondary N) is 1. The molecule has 0 amide bonds. The predicted octanol–water partition coefficient (Wildman–Crippen LogP) is 1.86. The molecule has 0 aliphatic carbocycles. The highest BCUT2D eigenvalue weighted by atomic mass is 32.1. The van der Waals surface area contributed by atoms with Gasteiger partial charge in [0.2, 0.25) is 0 Å². The summed E-state index contributed by atoms with van der Waals surface area (Å²) >= 11 is 1.93. The Labute approximate surface area is 95.3 Å². The zero-order valence-corrected chi connectivity index (χ0v) is 9.85. The van der Waals surface area contributed by atoms with Gasteiger partial charge >= 0.3 is 0 Å². The van der Waals surface area contributed by atoms with Gasteiger partial charge in [-0.05, 0) is 42.8 Å². The van der Waals surface area contributed by atoms with Gasteiger partial charge in [0.05, 0.1) is 0 Å². The Balaban J connectivity index is 1.61. The van der Waals surface area contributed by atoms with Gasteiger partial charge < -0.3 is 5.32 Å². The van der Waals surface area contributed by atoms with E-state index >= 15 is 0 Å². The van der Waals surface area contributed by atoms with E-state index in [-0.39, 0.29) is 0 Å². The Kier molecular flexibility index (Phi) is 2.77. The first-order valence-electron chi connectivity index (χ1n) is 5.93. The summed E-state index contributed by atoms with van der Waals surface area (Å²) in [5, 5.41) is 5.82. The van der Waals surface area contributed by atoms with Gasteiger partial charge in [-0.25, -0.2) is 0 Å². The fourth-order valence-electron chi connectivity index (χ4n) is 2.69. The molecule has 0 aromatic carbocycles. The van der Waals surface area contributed by atoms with Crippen LogP contribution in [-0.4, -0.2) is 30.6 Å². The SMILES string of the molecule is c1cc2c(s1)CCN(C[C@@H]1CCCN1)C2. The molecule has 0 spiro atoms. The monoisotopic (exact) mass is 222 g/mol. The topological polar surface area (TPSA) is 15.3 Å². The van der Waals surface area contributed by atoms with Crippen LogP contribution in [0.25, 0.3) is 0 Å². The lowest BCUT2D eigenvalue weighted by atomic mass is 10.1. The molecule has 3 rings (SSSR count). The minimum Gasteiger partial charge on any atom is -0.313 e. The molecular weight excluding hydrogens is 204 g/mol. The van der Waals surface area contributed by atoms with E-state index in [0.717, 1.165) is 6.04 Å². The number of hydrogen-bond acceptors (Lipinski definition) is 3. The van der Waals surface area contributed by atoms with Crippen molar-refractivity contribution in [2.75, 3.05) is 19.6 Å². The van der Waals surface area contributed by atoms with Crippen LogP contribution in [0.15, 0.2) is 11.4 Å². The summed E-state index contributed by atoms with van der Waals surface area (Å²) in [4.78, 5) is 4.23. The Bertz CT molecular complexity index is 328. The van der Waals surface area contributed by atoms with Crippen LogP contribution < -0.4 is 5.32 Å². The lowest BCUT2D eigenvalue weighted by Crippen LogP contribution is -2.39. The first-order valence-corrected chi connectivity index (χ1v) is 6.81. The van der Waals surface area contributed by atoms with Crippen molar-refractivity contribution in [3.05, 3.63) is 21.9 Å². The van der Waals surface area contributed by atoms with Gasteiger partial charge in [-0.15, -0.1) is 11.3 Å². The number of nitrogens with zero attached hydrogens (tertiary/aromatic N) is 1. The van der Waals surface area contributed by atoms with E-state index in [0.29, 0.717) is 0 Å². The molecule has 3 heteroatoms. The molecule has 2 nitrogen and oxygen atoms in total. The van der Waals surface area contributed by atoms with Crippen LogP contribution in [0, 0.1) is 0 Å². The van der Waals surface area contributed by atoms with Gasteiger partial charge in [0.1, 0.15) is 0 Å². The molecular formula is C12H18N2S. The highest BCUT2D eigenvalue weighted by Gasteiger charge is 2.21. The van der Waals surface area contributed by atoms with Gasteiger partial charge in [0.15, 0.2) is 0 Å². The van der Waals surface area contributed by atoms with Gasteiger partial charge in [0.25, 0.3) is 0 Å². The van der Waals surface area contributed by atoms with E-state index in [4.69, 9.17) is 0 Å². The third-order valence-corrected chi connectivity index (χ3v) is 4.55. The third kappa shape index (κ3) is 2.10. The fraction of sp³-hybridized carbons (Fsp3) is 0.667. The van der Waals surface area contributed by atoms with Crippen LogP contribution in [-0.2, 0) is 13.0 Å². The van der Waals surface area contributed by atoms with E-state index in [2.05, 4.69) is 21.7 Å². The maximum absolute atomic E-state index is 3.58. The predicted molar refractivity (Wildman–Crippen MR) is 64.3 cm³/mol. The summed E-state index contributed by atoms with van der Waals surface area (Å²) in [7, 11) is 0. The average molecular weight is 222 g/mol. The summed E-state index contributed by atoms with van der Waals surface area (Å²) in [5.74, 6) is 0. The number of thiophene rings is 1. The first-order chi connectivity index (χ1) is 7.42. The third-order valence-electron chi connectivity index (χ3n) is 3.53. The Morgan fingerprint density at radius 2 is 2.53 bits per heavy atom. The largest absolute Gasteiger partial charge is 0.313 e. The van der Waals surface area contributed by atoms with Crippen molar-refractivity contribution in [2.24, 2.45) is 0 Å². The molecule has 1 atom stereocenters. The van der Waals surface area contributed by atoms with Crippen LogP contribution >= 0.6 is 11.3 Å². The van der Waals surface area contributed by atoms with Crippen LogP contribution in [0.3, 0.4) is 0 Å². The van der Waals surface area contributed by atoms with Crippen molar-refractivity contribution in [3.63, 3.8) is 0 Å². The minimum absolute atomic E-state index is 0.755. The van der Waals surface area contributed by atoms with Gasteiger partial charge in [-0.1, -0.05) is 0 Å². The fourth-order valence-corrected chi connectivity index (χ4v) is 3.58. The van der Waals surface area contributed by atoms with Gasteiger partial charge in [-0.3, -0.25) is 4.90 Å². The van der Waals surface area contributed by atoms with E-state index in [1.54, 1.807) is 10.4 Å². The summed E-state index contributed by atoms with van der Waals surface area (Å²) in [5.41, 5.74) is 1.57. The van der Waals surface area contributed by atoms with E-state index < -0.39 is 0 Å². The molecule has 15 heavy (non-hydrogen) atoms. The second-order valence-electron chi connectivity index (χ2n) is 4.65. The Morgan fingerprint density at radius 1 is 1.53 bits per heavy atom. The zero-order valence-electron chi connectivity index (χ0n) is 9.04. The lowest BCUT2D eigenvalue weighted by Gasteiger charge is -2.29. The van der Waals surface area contributed by atoms with Crippen molar-refractivity contribution in [3.8, 4) is 0 Å². The molecule has 1 saturated heterocycles. The standard InChI is InChI=1S/C12H18N2S/c1-2-11(13-5-1)9-14-6-3-12-10(8-14)4-7-15-12/h4,7,11,13H,1-3,5-6,8-9H2/t11-/m0/s1. The molecule has 3 heterocycles. The average Bonchev–Trinajstić information content (AvgIpc) is 2.87. The van der Waals surface area contributed by atoms with Crippen LogP contribution in [0.2, 0.25) is 0 Å². The quantitative estimate of drug-likeness (QED) is 0.821. The van der Waals surface area contributed by atoms with Crippen molar-refractivity contribution in [1.82, 2.24) is 10.2 Å². The molecule has 1 aromatic rings. The number of fused-ring (bicyclic) bond motifs is 1. The second-order valence-corrected chi connectivity index (χ2v) is 5.65. The zero-order chi connectivity index (χ0) is 10.1. The smallest absolute Gasteiger partial charge is 0.0245 e. The lowest BCUT2D eigenvalue weighted by molar-refractivity contribution is 0.233. The van der Waals surface area contributed by atoms with Crippen molar-refractivity contribution in [1.29, 1.82) is 0 Å². The molecule has 2 aliphatic heterocycles. The molecule has 1 aromatic heterocycles. The second kappa shape index (κ2) is 4.24. The molecule has 0 saturated carbocycles. The molecule has 82 valence electrons. The normalized spacial score (nSPS) is 26.8. The van der Waals surface area contributed by atoms with Crippen LogP contribution in [0.5, 0.6) is 0 Å². The highest BCUT2D eigenvalue weighted by molar-refractivity contribution is 7.10. The Morgan fingerprint density at radius 3 is 3.40 bits per heavy atom. The van der Waals surface area contributed by atoms with Gasteiger partial charge in [0, 0.05) is 30.6 Å². The van der Waals surface area contributed by atoms with Gasteiger partial charge in [-0.2, -0.15) is 0 Å². The molecule has 0 bridgehead atoms. The summed E-state index contributed by atoms with van der Waals surface area (Å²) in [6, 6.07) is 3.05. The summed E-state index contributed by atoms with van der Waals surface area (Å²) < 4.78 is 0. The maximum atomic E-state index is 3.58. The van der Waals surface area contributed by atoms with E-state index in [9.17, 15) is 0 Å². The number of rotatable bonds is 2. The summed E-state index contributed by atoms with van der Waals surface area (Å²) in [6.07, 6.45) is 3.99. The Hall–Kier alpha value is -0.380. The van der Waals surface area contributed by atoms with E-state index in [1.807, 2.05) is 11.3 Å². The minimum atomic E-state index is 0.755. The van der Waals surface area contributed by atoms with Crippen molar-refractivity contribution in [2.45, 2.75) is 31.8 Å². The highest BCUT2D eigenvalue weighted by Crippen LogP contribution is 2.24. The molecule has 0 radical (unpaired) electrons. The molecule has 0 unspecified atom stereocenters. The van der Waals surface area contributed by atoms with Crippen LogP contribution in [0.1, 0.15) is 23.3 Å². The molecule has 1 fully saturated rings.